The first-order chi connectivity index (χ1) is 6.20. The molecule has 4 heteroatoms. The first-order valence-corrected chi connectivity index (χ1v) is 4.13. The maximum atomic E-state index is 13.2. The van der Waals surface area contributed by atoms with E-state index in [0.29, 0.717) is 10.5 Å². The van der Waals surface area contributed by atoms with Crippen molar-refractivity contribution in [2.45, 2.75) is 6.92 Å². The van der Waals surface area contributed by atoms with E-state index in [1.54, 1.807) is 6.07 Å². The summed E-state index contributed by atoms with van der Waals surface area (Å²) in [4.78, 5) is 7.63. The van der Waals surface area contributed by atoms with Gasteiger partial charge < -0.3 is 0 Å². The highest BCUT2D eigenvalue weighted by atomic mass is 35.5. The topological polar surface area (TPSA) is 25.8 Å². The van der Waals surface area contributed by atoms with Gasteiger partial charge in [0.2, 0.25) is 0 Å². The fourth-order valence-corrected chi connectivity index (χ4v) is 1.54. The van der Waals surface area contributed by atoms with Crippen molar-refractivity contribution in [1.82, 2.24) is 9.97 Å². The lowest BCUT2D eigenvalue weighted by Gasteiger charge is -2.02. The van der Waals surface area contributed by atoms with Crippen molar-refractivity contribution in [3.05, 3.63) is 35.0 Å². The number of fused-ring (bicyclic) bond motifs is 1. The Morgan fingerprint density at radius 2 is 2.08 bits per heavy atom. The third kappa shape index (κ3) is 1.25. The summed E-state index contributed by atoms with van der Waals surface area (Å²) < 4.78 is 13.2. The van der Waals surface area contributed by atoms with Gasteiger partial charge in [0, 0.05) is 5.39 Å². The Labute approximate surface area is 79.4 Å². The summed E-state index contributed by atoms with van der Waals surface area (Å²) in [5.41, 5.74) is 1.15. The summed E-state index contributed by atoms with van der Waals surface area (Å²) in [6, 6.07) is 3.04. The number of rotatable bonds is 0. The Bertz CT molecular complexity index is 462. The summed E-state index contributed by atoms with van der Waals surface area (Å²) in [6.45, 7) is 1.84. The third-order valence-electron chi connectivity index (χ3n) is 1.90. The zero-order chi connectivity index (χ0) is 9.42. The highest BCUT2D eigenvalue weighted by Gasteiger charge is 2.07. The molecular weight excluding hydrogens is 191 g/mol. The van der Waals surface area contributed by atoms with Crippen molar-refractivity contribution >= 4 is 22.5 Å². The third-order valence-corrected chi connectivity index (χ3v) is 2.19. The summed E-state index contributed by atoms with van der Waals surface area (Å²) in [7, 11) is 0. The van der Waals surface area contributed by atoms with Gasteiger partial charge in [0.15, 0.2) is 0 Å². The molecule has 0 spiro atoms. The molecule has 2 rings (SSSR count). The van der Waals surface area contributed by atoms with Gasteiger partial charge in [-0.25, -0.2) is 14.4 Å². The van der Waals surface area contributed by atoms with Gasteiger partial charge in [-0.2, -0.15) is 0 Å². The predicted molar refractivity (Wildman–Crippen MR) is 49.2 cm³/mol. The van der Waals surface area contributed by atoms with Crippen molar-refractivity contribution in [3.8, 4) is 0 Å². The first kappa shape index (κ1) is 8.38. The molecule has 0 radical (unpaired) electrons. The Balaban J connectivity index is 3.00. The Hall–Kier alpha value is -1.22. The minimum atomic E-state index is -0.370. The molecule has 0 aliphatic carbocycles. The molecule has 0 unspecified atom stereocenters. The number of hydrogen-bond donors (Lipinski definition) is 0. The van der Waals surface area contributed by atoms with Crippen LogP contribution in [0.25, 0.3) is 10.9 Å². The number of benzene rings is 1. The Morgan fingerprint density at radius 3 is 2.77 bits per heavy atom. The molecule has 0 saturated heterocycles. The zero-order valence-corrected chi connectivity index (χ0v) is 7.64. The Morgan fingerprint density at radius 1 is 1.31 bits per heavy atom. The molecule has 2 aromatic rings. The van der Waals surface area contributed by atoms with Crippen LogP contribution in [0.2, 0.25) is 5.15 Å². The second-order valence-electron chi connectivity index (χ2n) is 2.75. The zero-order valence-electron chi connectivity index (χ0n) is 6.88. The normalized spacial score (nSPS) is 10.7. The maximum absolute atomic E-state index is 13.2. The molecular formula is C9H6ClFN2. The van der Waals surface area contributed by atoms with Crippen molar-refractivity contribution in [2.24, 2.45) is 0 Å². The van der Waals surface area contributed by atoms with Gasteiger partial charge in [-0.05, 0) is 18.6 Å². The van der Waals surface area contributed by atoms with Gasteiger partial charge >= 0.3 is 0 Å². The minimum Gasteiger partial charge on any atom is -0.233 e. The molecule has 0 saturated carbocycles. The predicted octanol–water partition coefficient (Wildman–Crippen LogP) is 2.73. The van der Waals surface area contributed by atoms with E-state index < -0.39 is 0 Å². The summed E-state index contributed by atoms with van der Waals surface area (Å²) >= 11 is 5.82. The molecule has 0 aliphatic rings. The average Bonchev–Trinajstić information content (AvgIpc) is 2.12. The fraction of sp³-hybridized carbons (Fsp3) is 0.111. The van der Waals surface area contributed by atoms with E-state index >= 15 is 0 Å². The molecule has 13 heavy (non-hydrogen) atoms. The average molecular weight is 197 g/mol. The quantitative estimate of drug-likeness (QED) is 0.606. The molecule has 0 aliphatic heterocycles. The van der Waals surface area contributed by atoms with Gasteiger partial charge in [-0.15, -0.1) is 0 Å². The van der Waals surface area contributed by atoms with Crippen LogP contribution in [0, 0.1) is 12.7 Å². The van der Waals surface area contributed by atoms with Crippen LogP contribution < -0.4 is 0 Å². The van der Waals surface area contributed by atoms with Crippen LogP contribution in [0.4, 0.5) is 4.39 Å². The number of hydrogen-bond acceptors (Lipinski definition) is 2. The smallest absolute Gasteiger partial charge is 0.149 e. The number of aromatic nitrogens is 2. The van der Waals surface area contributed by atoms with Crippen molar-refractivity contribution in [3.63, 3.8) is 0 Å². The van der Waals surface area contributed by atoms with E-state index in [2.05, 4.69) is 9.97 Å². The number of aryl methyl sites for hydroxylation is 1. The second-order valence-corrected chi connectivity index (χ2v) is 3.11. The molecule has 66 valence electrons. The minimum absolute atomic E-state index is 0.278. The van der Waals surface area contributed by atoms with Crippen LogP contribution in [0.1, 0.15) is 5.56 Å². The number of nitrogens with zero attached hydrogens (tertiary/aromatic N) is 2. The van der Waals surface area contributed by atoms with Crippen LogP contribution in [0.15, 0.2) is 18.5 Å². The van der Waals surface area contributed by atoms with Gasteiger partial charge in [0.1, 0.15) is 22.8 Å². The van der Waals surface area contributed by atoms with E-state index in [9.17, 15) is 4.39 Å². The van der Waals surface area contributed by atoms with Crippen LogP contribution in [-0.2, 0) is 0 Å². The van der Waals surface area contributed by atoms with E-state index in [1.165, 1.54) is 12.4 Å². The molecule has 1 heterocycles. The van der Waals surface area contributed by atoms with Gasteiger partial charge in [-0.3, -0.25) is 0 Å². The summed E-state index contributed by atoms with van der Waals surface area (Å²) in [5.74, 6) is -0.370. The molecule has 2 nitrogen and oxygen atoms in total. The fourth-order valence-electron chi connectivity index (χ4n) is 1.26. The first-order valence-electron chi connectivity index (χ1n) is 3.75. The van der Waals surface area contributed by atoms with Crippen molar-refractivity contribution < 1.29 is 4.39 Å². The van der Waals surface area contributed by atoms with E-state index in [0.717, 1.165) is 5.56 Å². The molecule has 0 bridgehead atoms. The summed E-state index contributed by atoms with van der Waals surface area (Å²) in [5, 5.41) is 0.881. The molecule has 0 atom stereocenters. The standard InChI is InChI=1S/C9H6ClFN2/c1-5-2-3-6(11)8-7(5)9(10)13-4-12-8/h2-4H,1H3. The lowest BCUT2D eigenvalue weighted by atomic mass is 10.1. The highest BCUT2D eigenvalue weighted by Crippen LogP contribution is 2.24. The highest BCUT2D eigenvalue weighted by molar-refractivity contribution is 6.34. The monoisotopic (exact) mass is 196 g/mol. The maximum Gasteiger partial charge on any atom is 0.149 e. The summed E-state index contributed by atoms with van der Waals surface area (Å²) in [6.07, 6.45) is 1.26. The molecule has 1 aromatic heterocycles. The van der Waals surface area contributed by atoms with Crippen LogP contribution in [-0.4, -0.2) is 9.97 Å². The SMILES string of the molecule is Cc1ccc(F)c2ncnc(Cl)c12. The molecule has 1 aromatic carbocycles. The second kappa shape index (κ2) is 2.92. The van der Waals surface area contributed by atoms with Gasteiger partial charge in [0.25, 0.3) is 0 Å². The van der Waals surface area contributed by atoms with Gasteiger partial charge in [0.05, 0.1) is 0 Å². The molecule has 0 N–H and O–H groups in total. The van der Waals surface area contributed by atoms with Gasteiger partial charge in [-0.1, -0.05) is 17.7 Å². The largest absolute Gasteiger partial charge is 0.233 e. The van der Waals surface area contributed by atoms with Crippen LogP contribution >= 0.6 is 11.6 Å². The van der Waals surface area contributed by atoms with Crippen molar-refractivity contribution in [1.29, 1.82) is 0 Å². The van der Waals surface area contributed by atoms with Crippen LogP contribution in [0.5, 0.6) is 0 Å². The lowest BCUT2D eigenvalue weighted by molar-refractivity contribution is 0.636. The van der Waals surface area contributed by atoms with E-state index in [4.69, 9.17) is 11.6 Å². The van der Waals surface area contributed by atoms with E-state index in [1.807, 2.05) is 6.92 Å². The Kier molecular flexibility index (Phi) is 1.88. The molecule has 0 amide bonds. The van der Waals surface area contributed by atoms with Crippen LogP contribution in [0.3, 0.4) is 0 Å². The lowest BCUT2D eigenvalue weighted by Crippen LogP contribution is -1.90. The van der Waals surface area contributed by atoms with Crippen molar-refractivity contribution in [2.75, 3.05) is 0 Å². The number of halogens is 2. The van der Waals surface area contributed by atoms with E-state index in [-0.39, 0.29) is 11.3 Å². The molecule has 0 fully saturated rings.